The van der Waals surface area contributed by atoms with Crippen LogP contribution in [-0.2, 0) is 0 Å². The lowest BCUT2D eigenvalue weighted by molar-refractivity contribution is 0.101. The Balaban J connectivity index is 1.76. The number of aldehydes is 2. The SMILES string of the molecule is COc1cc(C=O)ccc1Oc1nc2ccccc2nc1C(=O)Nc1cccc(C=O)c1. The first-order valence-electron chi connectivity index (χ1n) is 9.55. The van der Waals surface area contributed by atoms with Gasteiger partial charge in [-0.15, -0.1) is 0 Å². The number of carbonyl (C=O) groups is 3. The highest BCUT2D eigenvalue weighted by Crippen LogP contribution is 2.33. The third-order valence-electron chi connectivity index (χ3n) is 4.56. The normalized spacial score (nSPS) is 10.4. The van der Waals surface area contributed by atoms with Crippen molar-refractivity contribution in [1.29, 1.82) is 0 Å². The van der Waals surface area contributed by atoms with Gasteiger partial charge >= 0.3 is 0 Å². The van der Waals surface area contributed by atoms with Crippen molar-refractivity contribution < 1.29 is 23.9 Å². The van der Waals surface area contributed by atoms with Gasteiger partial charge in [0.1, 0.15) is 12.6 Å². The first kappa shape index (κ1) is 20.7. The van der Waals surface area contributed by atoms with E-state index in [1.807, 2.05) is 0 Å². The van der Waals surface area contributed by atoms with E-state index in [2.05, 4.69) is 15.3 Å². The molecule has 0 aliphatic rings. The molecule has 158 valence electrons. The Morgan fingerprint density at radius 3 is 2.28 bits per heavy atom. The second-order valence-electron chi connectivity index (χ2n) is 6.69. The summed E-state index contributed by atoms with van der Waals surface area (Å²) in [6.45, 7) is 0. The molecule has 0 unspecified atom stereocenters. The Hall–Kier alpha value is -4.59. The molecule has 0 aliphatic heterocycles. The number of carbonyl (C=O) groups excluding carboxylic acids is 3. The predicted octanol–water partition coefficient (Wildman–Crippen LogP) is 4.31. The van der Waals surface area contributed by atoms with E-state index in [-0.39, 0.29) is 17.3 Å². The first-order valence-corrected chi connectivity index (χ1v) is 9.55. The lowest BCUT2D eigenvalue weighted by Gasteiger charge is -2.13. The zero-order valence-electron chi connectivity index (χ0n) is 16.9. The number of fused-ring (bicyclic) bond motifs is 1. The minimum atomic E-state index is -0.565. The van der Waals surface area contributed by atoms with Crippen LogP contribution in [0.1, 0.15) is 31.2 Å². The highest BCUT2D eigenvalue weighted by molar-refractivity contribution is 6.05. The van der Waals surface area contributed by atoms with E-state index in [0.29, 0.717) is 46.2 Å². The van der Waals surface area contributed by atoms with Gasteiger partial charge < -0.3 is 14.8 Å². The molecule has 0 bridgehead atoms. The van der Waals surface area contributed by atoms with Crippen LogP contribution in [0.5, 0.6) is 17.4 Å². The van der Waals surface area contributed by atoms with E-state index in [4.69, 9.17) is 9.47 Å². The molecule has 4 aromatic rings. The Morgan fingerprint density at radius 1 is 0.844 bits per heavy atom. The van der Waals surface area contributed by atoms with Crippen LogP contribution in [0, 0.1) is 0 Å². The van der Waals surface area contributed by atoms with Crippen molar-refractivity contribution in [1.82, 2.24) is 9.97 Å². The van der Waals surface area contributed by atoms with E-state index in [1.54, 1.807) is 60.7 Å². The summed E-state index contributed by atoms with van der Waals surface area (Å²) >= 11 is 0. The molecule has 8 nitrogen and oxygen atoms in total. The molecule has 1 aromatic heterocycles. The zero-order chi connectivity index (χ0) is 22.5. The molecule has 0 spiro atoms. The predicted molar refractivity (Wildman–Crippen MR) is 118 cm³/mol. The third-order valence-corrected chi connectivity index (χ3v) is 4.56. The molecule has 0 fully saturated rings. The lowest BCUT2D eigenvalue weighted by Crippen LogP contribution is -2.16. The van der Waals surface area contributed by atoms with Gasteiger partial charge in [0.25, 0.3) is 11.8 Å². The topological polar surface area (TPSA) is 107 Å². The quantitative estimate of drug-likeness (QED) is 0.438. The number of rotatable bonds is 7. The van der Waals surface area contributed by atoms with Gasteiger partial charge in [-0.25, -0.2) is 9.97 Å². The Labute approximate surface area is 182 Å². The van der Waals surface area contributed by atoms with Gasteiger partial charge in [0, 0.05) is 16.8 Å². The van der Waals surface area contributed by atoms with Crippen LogP contribution in [0.15, 0.2) is 66.7 Å². The van der Waals surface area contributed by atoms with Crippen molar-refractivity contribution in [2.24, 2.45) is 0 Å². The summed E-state index contributed by atoms with van der Waals surface area (Å²) in [5, 5.41) is 2.71. The van der Waals surface area contributed by atoms with E-state index in [9.17, 15) is 14.4 Å². The van der Waals surface area contributed by atoms with Gasteiger partial charge in [0.2, 0.25) is 0 Å². The van der Waals surface area contributed by atoms with Crippen LogP contribution in [0.4, 0.5) is 5.69 Å². The second-order valence-corrected chi connectivity index (χ2v) is 6.69. The fourth-order valence-electron chi connectivity index (χ4n) is 3.03. The van der Waals surface area contributed by atoms with Crippen LogP contribution < -0.4 is 14.8 Å². The number of hydrogen-bond acceptors (Lipinski definition) is 7. The maximum atomic E-state index is 13.1. The van der Waals surface area contributed by atoms with E-state index < -0.39 is 5.91 Å². The fraction of sp³-hybridized carbons (Fsp3) is 0.0417. The molecule has 32 heavy (non-hydrogen) atoms. The highest BCUT2D eigenvalue weighted by Gasteiger charge is 2.20. The number of nitrogens with one attached hydrogen (secondary N) is 1. The number of para-hydroxylation sites is 2. The minimum Gasteiger partial charge on any atom is -0.493 e. The van der Waals surface area contributed by atoms with Crippen molar-refractivity contribution in [3.8, 4) is 17.4 Å². The van der Waals surface area contributed by atoms with Crippen molar-refractivity contribution in [2.45, 2.75) is 0 Å². The third kappa shape index (κ3) is 4.29. The van der Waals surface area contributed by atoms with Gasteiger partial charge in [-0.1, -0.05) is 24.3 Å². The number of hydrogen-bond donors (Lipinski definition) is 1. The van der Waals surface area contributed by atoms with Crippen molar-refractivity contribution in [2.75, 3.05) is 12.4 Å². The number of aromatic nitrogens is 2. The molecule has 0 saturated heterocycles. The minimum absolute atomic E-state index is 0.0371. The number of nitrogens with zero attached hydrogens (tertiary/aromatic N) is 2. The summed E-state index contributed by atoms with van der Waals surface area (Å²) in [5.74, 6) is -0.0380. The van der Waals surface area contributed by atoms with E-state index in [1.165, 1.54) is 13.2 Å². The Morgan fingerprint density at radius 2 is 1.56 bits per heavy atom. The molecule has 0 radical (unpaired) electrons. The van der Waals surface area contributed by atoms with Crippen molar-refractivity contribution >= 4 is 35.2 Å². The fourth-order valence-corrected chi connectivity index (χ4v) is 3.03. The summed E-state index contributed by atoms with van der Waals surface area (Å²) in [6, 6.07) is 18.2. The zero-order valence-corrected chi connectivity index (χ0v) is 16.9. The van der Waals surface area contributed by atoms with Crippen LogP contribution in [0.3, 0.4) is 0 Å². The molecule has 4 rings (SSSR count). The maximum absolute atomic E-state index is 13.1. The average Bonchev–Trinajstić information content (AvgIpc) is 2.83. The molecular weight excluding hydrogens is 410 g/mol. The molecule has 8 heteroatoms. The van der Waals surface area contributed by atoms with Crippen LogP contribution in [-0.4, -0.2) is 35.6 Å². The standard InChI is InChI=1S/C24H17N3O5/c1-31-21-12-16(14-29)9-10-20(21)32-24-22(26-18-7-2-3-8-19(18)27-24)23(30)25-17-6-4-5-15(11-17)13-28/h2-14H,1H3,(H,25,30). The largest absolute Gasteiger partial charge is 0.493 e. The maximum Gasteiger partial charge on any atom is 0.279 e. The molecule has 1 heterocycles. The summed E-state index contributed by atoms with van der Waals surface area (Å²) in [5.41, 5.74) is 2.24. The molecule has 0 saturated carbocycles. The monoisotopic (exact) mass is 427 g/mol. The molecular formula is C24H17N3O5. The number of methoxy groups -OCH3 is 1. The Kier molecular flexibility index (Phi) is 5.85. The van der Waals surface area contributed by atoms with Crippen LogP contribution >= 0.6 is 0 Å². The van der Waals surface area contributed by atoms with Gasteiger partial charge in [0.05, 0.1) is 18.1 Å². The van der Waals surface area contributed by atoms with Crippen molar-refractivity contribution in [3.63, 3.8) is 0 Å². The number of amides is 1. The van der Waals surface area contributed by atoms with Crippen molar-refractivity contribution in [3.05, 3.63) is 83.6 Å². The lowest BCUT2D eigenvalue weighted by atomic mass is 10.2. The smallest absolute Gasteiger partial charge is 0.279 e. The highest BCUT2D eigenvalue weighted by atomic mass is 16.5. The number of benzene rings is 3. The van der Waals surface area contributed by atoms with Gasteiger partial charge in [0.15, 0.2) is 17.2 Å². The summed E-state index contributed by atoms with van der Waals surface area (Å²) in [7, 11) is 1.44. The summed E-state index contributed by atoms with van der Waals surface area (Å²) in [4.78, 5) is 44.1. The van der Waals surface area contributed by atoms with Gasteiger partial charge in [-0.3, -0.25) is 14.4 Å². The van der Waals surface area contributed by atoms with Gasteiger partial charge in [-0.05, 0) is 42.5 Å². The summed E-state index contributed by atoms with van der Waals surface area (Å²) < 4.78 is 11.2. The Bertz CT molecular complexity index is 1340. The molecule has 1 N–H and O–H groups in total. The summed E-state index contributed by atoms with van der Waals surface area (Å²) in [6.07, 6.45) is 1.38. The van der Waals surface area contributed by atoms with Crippen LogP contribution in [0.25, 0.3) is 11.0 Å². The molecule has 0 aliphatic carbocycles. The van der Waals surface area contributed by atoms with Gasteiger partial charge in [-0.2, -0.15) is 0 Å². The van der Waals surface area contributed by atoms with E-state index in [0.717, 1.165) is 0 Å². The molecule has 1 amide bonds. The van der Waals surface area contributed by atoms with E-state index >= 15 is 0 Å². The first-order chi connectivity index (χ1) is 15.6. The molecule has 0 atom stereocenters. The number of ether oxygens (including phenoxy) is 2. The average molecular weight is 427 g/mol. The number of anilines is 1. The van der Waals surface area contributed by atoms with Crippen LogP contribution in [0.2, 0.25) is 0 Å². The molecule has 3 aromatic carbocycles. The second kappa shape index (κ2) is 9.05.